The number of likely N-dealkylation sites (N-methyl/N-ethyl adjacent to an activating group) is 1. The van der Waals surface area contributed by atoms with Gasteiger partial charge in [0.15, 0.2) is 6.10 Å². The zero-order valence-corrected chi connectivity index (χ0v) is 18.2. The Balaban J connectivity index is 1.39. The van der Waals surface area contributed by atoms with Crippen LogP contribution in [0.15, 0.2) is 59.6 Å². The number of hydrogen-bond acceptors (Lipinski definition) is 5. The average Bonchev–Trinajstić information content (AvgIpc) is 3.49. The van der Waals surface area contributed by atoms with Crippen LogP contribution in [-0.4, -0.2) is 52.9 Å². The Hall–Kier alpha value is -1.93. The first-order valence-corrected chi connectivity index (χ1v) is 11.7. The number of aryl methyl sites for hydroxylation is 1. The third kappa shape index (κ3) is 4.33. The van der Waals surface area contributed by atoms with E-state index < -0.39 is 11.6 Å². The summed E-state index contributed by atoms with van der Waals surface area (Å²) in [4.78, 5) is 14.3. The van der Waals surface area contributed by atoms with Crippen molar-refractivity contribution in [3.05, 3.63) is 69.3 Å². The summed E-state index contributed by atoms with van der Waals surface area (Å²) in [6.45, 7) is 3.83. The topological polar surface area (TPSA) is 51.5 Å². The number of carbonyl (C=O) groups excluding carboxylic acids is 1. The van der Waals surface area contributed by atoms with Crippen molar-refractivity contribution in [1.29, 1.82) is 0 Å². The van der Waals surface area contributed by atoms with Crippen LogP contribution in [0.2, 0.25) is 0 Å². The lowest BCUT2D eigenvalue weighted by atomic mass is 10.00. The van der Waals surface area contributed by atoms with E-state index in [-0.39, 0.29) is 6.10 Å². The maximum absolute atomic E-state index is 13.1. The lowest BCUT2D eigenvalue weighted by Gasteiger charge is -2.30. The quantitative estimate of drug-likeness (QED) is 0.437. The lowest BCUT2D eigenvalue weighted by molar-refractivity contribution is -0.899. The van der Waals surface area contributed by atoms with Crippen molar-refractivity contribution in [2.75, 3.05) is 26.7 Å². The van der Waals surface area contributed by atoms with Crippen LogP contribution in [-0.2, 0) is 21.7 Å². The molecule has 4 rings (SSSR count). The van der Waals surface area contributed by atoms with Gasteiger partial charge in [-0.25, -0.2) is 4.79 Å². The zero-order valence-electron chi connectivity index (χ0n) is 16.6. The van der Waals surface area contributed by atoms with Gasteiger partial charge in [0, 0.05) is 31.8 Å². The minimum absolute atomic E-state index is 0.162. The number of ether oxygens (including phenoxy) is 1. The van der Waals surface area contributed by atoms with E-state index in [1.807, 2.05) is 35.0 Å². The highest BCUT2D eigenvalue weighted by Crippen LogP contribution is 2.37. The summed E-state index contributed by atoms with van der Waals surface area (Å²) >= 11 is 2.75. The minimum atomic E-state index is -1.72. The molecule has 1 aliphatic rings. The van der Waals surface area contributed by atoms with Crippen LogP contribution in [0.3, 0.4) is 0 Å². The second kappa shape index (κ2) is 8.44. The summed E-state index contributed by atoms with van der Waals surface area (Å²) in [6, 6.07) is 11.4. The number of rotatable bonds is 8. The van der Waals surface area contributed by atoms with Gasteiger partial charge in [-0.2, -0.15) is 0 Å². The van der Waals surface area contributed by atoms with Crippen LogP contribution in [0.1, 0.15) is 22.6 Å². The monoisotopic (exact) mass is 431 g/mol. The Morgan fingerprint density at radius 2 is 1.86 bits per heavy atom. The molecule has 3 aromatic rings. The SMILES string of the molecule is C[N+]1(CCCn2cccc2)CCC(OC(=O)C(O)(c2cccs2)c2cccs2)C1. The largest absolute Gasteiger partial charge is 0.453 e. The van der Waals surface area contributed by atoms with Gasteiger partial charge in [0.2, 0.25) is 5.60 Å². The Kier molecular flexibility index (Phi) is 5.92. The highest BCUT2D eigenvalue weighted by molar-refractivity contribution is 7.12. The molecule has 0 aromatic carbocycles. The number of nitrogens with zero attached hydrogens (tertiary/aromatic N) is 2. The smallest absolute Gasteiger partial charge is 0.349 e. The minimum Gasteiger partial charge on any atom is -0.453 e. The maximum Gasteiger partial charge on any atom is 0.349 e. The van der Waals surface area contributed by atoms with E-state index in [4.69, 9.17) is 4.74 Å². The Bertz CT molecular complexity index is 872. The standard InChI is InChI=1S/C22H27N2O3S2/c1-24(13-6-12-23-10-2-3-11-23)14-9-18(17-24)27-21(25)22(26,19-7-4-15-28-19)20-8-5-16-29-20/h2-5,7-8,10-11,15-16,18,26H,6,9,12-14,17H2,1H3/q+1. The molecule has 5 nitrogen and oxygen atoms in total. The summed E-state index contributed by atoms with van der Waals surface area (Å²) in [5, 5.41) is 15.1. The van der Waals surface area contributed by atoms with Gasteiger partial charge in [-0.05, 0) is 35.0 Å². The summed E-state index contributed by atoms with van der Waals surface area (Å²) in [7, 11) is 2.23. The van der Waals surface area contributed by atoms with Crippen LogP contribution in [0, 0.1) is 0 Å². The van der Waals surface area contributed by atoms with E-state index in [9.17, 15) is 9.90 Å². The molecule has 0 radical (unpaired) electrons. The summed E-state index contributed by atoms with van der Waals surface area (Å²) in [5.41, 5.74) is -1.72. The molecule has 2 unspecified atom stereocenters. The number of likely N-dealkylation sites (tertiary alicyclic amines) is 1. The fraction of sp³-hybridized carbons (Fsp3) is 0.409. The van der Waals surface area contributed by atoms with Crippen molar-refractivity contribution < 1.29 is 19.1 Å². The lowest BCUT2D eigenvalue weighted by Crippen LogP contribution is -2.45. The van der Waals surface area contributed by atoms with E-state index in [1.165, 1.54) is 22.7 Å². The van der Waals surface area contributed by atoms with Crippen molar-refractivity contribution in [1.82, 2.24) is 4.57 Å². The average molecular weight is 432 g/mol. The molecular weight excluding hydrogens is 404 g/mol. The molecule has 0 bridgehead atoms. The molecule has 154 valence electrons. The van der Waals surface area contributed by atoms with Gasteiger partial charge in [-0.1, -0.05) is 12.1 Å². The first kappa shape index (κ1) is 20.3. The number of carbonyl (C=O) groups is 1. The van der Waals surface area contributed by atoms with E-state index in [0.717, 1.165) is 43.5 Å². The van der Waals surface area contributed by atoms with E-state index >= 15 is 0 Å². The van der Waals surface area contributed by atoms with Crippen LogP contribution < -0.4 is 0 Å². The number of aliphatic hydroxyl groups is 1. The predicted molar refractivity (Wildman–Crippen MR) is 116 cm³/mol. The van der Waals surface area contributed by atoms with Gasteiger partial charge >= 0.3 is 5.97 Å². The van der Waals surface area contributed by atoms with Gasteiger partial charge in [-0.3, -0.25) is 0 Å². The number of hydrogen-bond donors (Lipinski definition) is 1. The Labute approximate surface area is 179 Å². The highest BCUT2D eigenvalue weighted by atomic mass is 32.1. The molecule has 1 aliphatic heterocycles. The molecule has 3 aromatic heterocycles. The third-order valence-corrected chi connectivity index (χ3v) is 7.70. The molecule has 1 saturated heterocycles. The van der Waals surface area contributed by atoms with E-state index in [2.05, 4.69) is 24.0 Å². The molecular formula is C22H27N2O3S2+. The van der Waals surface area contributed by atoms with E-state index in [0.29, 0.717) is 9.75 Å². The zero-order chi connectivity index (χ0) is 20.3. The fourth-order valence-corrected chi connectivity index (χ4v) is 5.83. The summed E-state index contributed by atoms with van der Waals surface area (Å²) < 4.78 is 8.97. The fourth-order valence-electron chi connectivity index (χ4n) is 4.11. The van der Waals surface area contributed by atoms with Crippen LogP contribution >= 0.6 is 22.7 Å². The Morgan fingerprint density at radius 3 is 2.45 bits per heavy atom. The molecule has 0 amide bonds. The van der Waals surface area contributed by atoms with Crippen LogP contribution in [0.25, 0.3) is 0 Å². The maximum atomic E-state index is 13.1. The molecule has 2 atom stereocenters. The van der Waals surface area contributed by atoms with Crippen LogP contribution in [0.5, 0.6) is 0 Å². The molecule has 29 heavy (non-hydrogen) atoms. The molecule has 1 N–H and O–H groups in total. The Morgan fingerprint density at radius 1 is 1.21 bits per heavy atom. The molecule has 0 aliphatic carbocycles. The summed E-state index contributed by atoms with van der Waals surface area (Å²) in [6.07, 6.45) is 5.93. The summed E-state index contributed by atoms with van der Waals surface area (Å²) in [5.74, 6) is -0.562. The predicted octanol–water partition coefficient (Wildman–Crippen LogP) is 3.70. The van der Waals surface area contributed by atoms with Gasteiger partial charge in [0.25, 0.3) is 0 Å². The van der Waals surface area contributed by atoms with Gasteiger partial charge in [0.05, 0.1) is 29.9 Å². The van der Waals surface area contributed by atoms with Gasteiger partial charge in [0.1, 0.15) is 6.54 Å². The van der Waals surface area contributed by atoms with Crippen molar-refractivity contribution >= 4 is 28.6 Å². The van der Waals surface area contributed by atoms with Crippen LogP contribution in [0.4, 0.5) is 0 Å². The molecule has 1 fully saturated rings. The first-order chi connectivity index (χ1) is 14.0. The van der Waals surface area contributed by atoms with Gasteiger partial charge < -0.3 is 18.9 Å². The van der Waals surface area contributed by atoms with Gasteiger partial charge in [-0.15, -0.1) is 22.7 Å². The molecule has 4 heterocycles. The first-order valence-electron chi connectivity index (χ1n) is 9.95. The van der Waals surface area contributed by atoms with Crippen molar-refractivity contribution in [3.8, 4) is 0 Å². The number of thiophene rings is 2. The number of quaternary nitrogens is 1. The van der Waals surface area contributed by atoms with Crippen molar-refractivity contribution in [2.24, 2.45) is 0 Å². The number of aromatic nitrogens is 1. The second-order valence-electron chi connectivity index (χ2n) is 8.00. The van der Waals surface area contributed by atoms with E-state index in [1.54, 1.807) is 12.1 Å². The molecule has 7 heteroatoms. The number of esters is 1. The highest BCUT2D eigenvalue weighted by Gasteiger charge is 2.46. The normalized spacial score (nSPS) is 22.1. The third-order valence-electron chi connectivity index (χ3n) is 5.74. The molecule has 0 saturated carbocycles. The second-order valence-corrected chi connectivity index (χ2v) is 9.90. The molecule has 0 spiro atoms. The van der Waals surface area contributed by atoms with Crippen molar-refractivity contribution in [2.45, 2.75) is 31.1 Å². The van der Waals surface area contributed by atoms with Crippen molar-refractivity contribution in [3.63, 3.8) is 0 Å².